The van der Waals surface area contributed by atoms with Gasteiger partial charge in [0.25, 0.3) is 0 Å². The van der Waals surface area contributed by atoms with Gasteiger partial charge in [0.1, 0.15) is 18.2 Å². The molecule has 1 atom stereocenters. The Bertz CT molecular complexity index is 1130. The van der Waals surface area contributed by atoms with Gasteiger partial charge in [-0.3, -0.25) is 0 Å². The van der Waals surface area contributed by atoms with Gasteiger partial charge in [0.05, 0.1) is 16.8 Å². The van der Waals surface area contributed by atoms with E-state index in [0.29, 0.717) is 22.0 Å². The van der Waals surface area contributed by atoms with Gasteiger partial charge in [0.2, 0.25) is 0 Å². The van der Waals surface area contributed by atoms with E-state index < -0.39 is 5.54 Å². The number of nitrogens with one attached hydrogen (secondary N) is 1. The van der Waals surface area contributed by atoms with E-state index in [1.165, 1.54) is 0 Å². The average molecular weight is 405 g/mol. The largest absolute Gasteiger partial charge is 0.373 e. The molecule has 1 N–H and O–H groups in total. The maximum Gasteiger partial charge on any atom is 0.154 e. The Morgan fingerprint density at radius 3 is 2.21 bits per heavy atom. The topological polar surface area (TPSA) is 83.4 Å². The Labute approximate surface area is 173 Å². The molecule has 136 valence electrons. The molecule has 1 heterocycles. The lowest BCUT2D eigenvalue weighted by Gasteiger charge is -2.39. The highest BCUT2D eigenvalue weighted by molar-refractivity contribution is 6.31. The number of hydrogen-bond acceptors (Lipinski definition) is 4. The van der Waals surface area contributed by atoms with Crippen molar-refractivity contribution in [3.8, 4) is 18.2 Å². The Balaban J connectivity index is 2.31. The number of hydrogen-bond donors (Lipinski definition) is 1. The monoisotopic (exact) mass is 404 g/mol. The molecule has 28 heavy (non-hydrogen) atoms. The first-order chi connectivity index (χ1) is 13.4. The lowest BCUT2D eigenvalue weighted by atomic mass is 9.77. The maximum atomic E-state index is 9.83. The number of rotatable bonds is 2. The van der Waals surface area contributed by atoms with Crippen LogP contribution in [-0.4, -0.2) is 0 Å². The van der Waals surface area contributed by atoms with Gasteiger partial charge in [-0.2, -0.15) is 15.8 Å². The predicted molar refractivity (Wildman–Crippen MR) is 109 cm³/mol. The fourth-order valence-corrected chi connectivity index (χ4v) is 3.73. The molecule has 1 aliphatic heterocycles. The molecule has 1 unspecified atom stereocenters. The fourth-order valence-electron chi connectivity index (χ4n) is 3.35. The van der Waals surface area contributed by atoms with Crippen molar-refractivity contribution in [2.75, 3.05) is 0 Å². The quantitative estimate of drug-likeness (QED) is 0.671. The van der Waals surface area contributed by atoms with Crippen LogP contribution in [0.3, 0.4) is 0 Å². The summed E-state index contributed by atoms with van der Waals surface area (Å²) in [5, 5.41) is 33.1. The van der Waals surface area contributed by atoms with Crippen LogP contribution in [0.4, 0.5) is 0 Å². The highest BCUT2D eigenvalue weighted by atomic mass is 35.5. The summed E-state index contributed by atoms with van der Waals surface area (Å²) in [5.41, 5.74) is 2.01. The van der Waals surface area contributed by atoms with Crippen LogP contribution in [0, 0.1) is 34.0 Å². The second kappa shape index (κ2) is 7.79. The maximum absolute atomic E-state index is 9.83. The Morgan fingerprint density at radius 1 is 1.00 bits per heavy atom. The molecule has 2 aromatic rings. The van der Waals surface area contributed by atoms with E-state index in [2.05, 4.69) is 11.4 Å². The van der Waals surface area contributed by atoms with Crippen molar-refractivity contribution in [2.45, 2.75) is 18.9 Å². The van der Waals surface area contributed by atoms with Crippen LogP contribution < -0.4 is 5.32 Å². The van der Waals surface area contributed by atoms with Crippen molar-refractivity contribution >= 4 is 28.8 Å². The van der Waals surface area contributed by atoms with E-state index in [0.717, 1.165) is 11.1 Å². The lowest BCUT2D eigenvalue weighted by Crippen LogP contribution is -2.43. The first-order valence-corrected chi connectivity index (χ1v) is 9.15. The first kappa shape index (κ1) is 19.5. The van der Waals surface area contributed by atoms with Crippen molar-refractivity contribution in [1.29, 1.82) is 15.8 Å². The second-order valence-corrected chi connectivity index (χ2v) is 7.47. The van der Waals surface area contributed by atoms with Gasteiger partial charge in [0.15, 0.2) is 5.57 Å². The van der Waals surface area contributed by atoms with Crippen molar-refractivity contribution < 1.29 is 0 Å². The third kappa shape index (κ3) is 3.60. The summed E-state index contributed by atoms with van der Waals surface area (Å²) in [4.78, 5) is 0. The Hall–Kier alpha value is -3.23. The summed E-state index contributed by atoms with van der Waals surface area (Å²) in [7, 11) is 0. The van der Waals surface area contributed by atoms with Crippen LogP contribution in [0.15, 0.2) is 65.4 Å². The van der Waals surface area contributed by atoms with Gasteiger partial charge in [-0.15, -0.1) is 0 Å². The van der Waals surface area contributed by atoms with Crippen molar-refractivity contribution in [1.82, 2.24) is 5.32 Å². The highest BCUT2D eigenvalue weighted by Crippen LogP contribution is 2.42. The van der Waals surface area contributed by atoms with Gasteiger partial charge < -0.3 is 5.32 Å². The molecule has 4 nitrogen and oxygen atoms in total. The average Bonchev–Trinajstić information content (AvgIpc) is 2.68. The third-order valence-electron chi connectivity index (χ3n) is 4.70. The molecule has 3 rings (SSSR count). The summed E-state index contributed by atoms with van der Waals surface area (Å²) < 4.78 is 0. The van der Waals surface area contributed by atoms with Crippen LogP contribution in [0.1, 0.15) is 24.5 Å². The zero-order valence-corrected chi connectivity index (χ0v) is 16.4. The predicted octanol–water partition coefficient (Wildman–Crippen LogP) is 5.48. The second-order valence-electron chi connectivity index (χ2n) is 6.59. The molecule has 1 aliphatic rings. The number of halogens is 2. The van der Waals surface area contributed by atoms with Crippen LogP contribution >= 0.6 is 23.2 Å². The zero-order chi connectivity index (χ0) is 20.3. The molecule has 0 spiro atoms. The standard InChI is InChI=1S/C22H14Cl2N4/c1-22(16-5-3-7-18(24)9-16)10-19(14-4-2-6-17(23)8-14)20(13-27)21(28-22)15(11-25)12-26/h2-9,28H,10H2,1H3. The third-order valence-corrected chi connectivity index (χ3v) is 5.17. The number of nitrogens with zero attached hydrogens (tertiary/aromatic N) is 3. The molecule has 0 saturated carbocycles. The van der Waals surface area contributed by atoms with Gasteiger partial charge in [-0.05, 0) is 47.9 Å². The van der Waals surface area contributed by atoms with Gasteiger partial charge in [-0.25, -0.2) is 0 Å². The smallest absolute Gasteiger partial charge is 0.154 e. The van der Waals surface area contributed by atoms with Crippen LogP contribution in [0.5, 0.6) is 0 Å². The molecule has 0 aromatic heterocycles. The highest BCUT2D eigenvalue weighted by Gasteiger charge is 2.37. The SMILES string of the molecule is CC1(c2cccc(Cl)c2)CC(c2cccc(Cl)c2)=C(C#N)C(=C(C#N)C#N)N1. The van der Waals surface area contributed by atoms with E-state index >= 15 is 0 Å². The minimum Gasteiger partial charge on any atom is -0.373 e. The summed E-state index contributed by atoms with van der Waals surface area (Å²) in [6.07, 6.45) is 0.449. The van der Waals surface area contributed by atoms with E-state index in [1.54, 1.807) is 24.3 Å². The van der Waals surface area contributed by atoms with Gasteiger partial charge >= 0.3 is 0 Å². The number of allylic oxidation sites excluding steroid dienone is 2. The van der Waals surface area contributed by atoms with Crippen molar-refractivity contribution in [3.05, 3.63) is 86.5 Å². The summed E-state index contributed by atoms with van der Waals surface area (Å²) in [6, 6.07) is 20.5. The lowest BCUT2D eigenvalue weighted by molar-refractivity contribution is 0.407. The molecule has 0 fully saturated rings. The van der Waals surface area contributed by atoms with E-state index in [9.17, 15) is 15.8 Å². The van der Waals surface area contributed by atoms with E-state index in [4.69, 9.17) is 23.2 Å². The summed E-state index contributed by atoms with van der Waals surface area (Å²) in [6.45, 7) is 1.95. The minimum absolute atomic E-state index is 0.149. The summed E-state index contributed by atoms with van der Waals surface area (Å²) >= 11 is 12.3. The Morgan fingerprint density at radius 2 is 1.64 bits per heavy atom. The molecule has 0 aliphatic carbocycles. The summed E-state index contributed by atoms with van der Waals surface area (Å²) in [5.74, 6) is 0. The molecule has 2 aromatic carbocycles. The van der Waals surface area contributed by atoms with Crippen LogP contribution in [0.25, 0.3) is 5.57 Å². The van der Waals surface area contributed by atoms with E-state index in [-0.39, 0.29) is 16.8 Å². The number of benzene rings is 2. The van der Waals surface area contributed by atoms with Crippen LogP contribution in [0.2, 0.25) is 10.0 Å². The van der Waals surface area contributed by atoms with Crippen molar-refractivity contribution in [3.63, 3.8) is 0 Å². The molecular weight excluding hydrogens is 391 g/mol. The molecule has 6 heteroatoms. The van der Waals surface area contributed by atoms with Gasteiger partial charge in [0, 0.05) is 16.5 Å². The molecule has 0 bridgehead atoms. The molecule has 0 amide bonds. The van der Waals surface area contributed by atoms with E-state index in [1.807, 2.05) is 43.3 Å². The van der Waals surface area contributed by atoms with Gasteiger partial charge in [-0.1, -0.05) is 47.5 Å². The normalized spacial score (nSPS) is 18.5. The number of nitriles is 3. The molecule has 0 saturated heterocycles. The fraction of sp³-hybridized carbons (Fsp3) is 0.136. The van der Waals surface area contributed by atoms with Crippen molar-refractivity contribution in [2.24, 2.45) is 0 Å². The minimum atomic E-state index is -0.683. The van der Waals surface area contributed by atoms with Crippen LogP contribution in [-0.2, 0) is 5.54 Å². The molecule has 0 radical (unpaired) electrons. The zero-order valence-electron chi connectivity index (χ0n) is 14.9. The first-order valence-electron chi connectivity index (χ1n) is 8.40. The molecular formula is C22H14Cl2N4. The Kier molecular flexibility index (Phi) is 5.43.